The highest BCUT2D eigenvalue weighted by atomic mass is 19.1. The Labute approximate surface area is 121 Å². The largest absolute Gasteiger partial charge is 0.497 e. The number of aromatic nitrogens is 2. The van der Waals surface area contributed by atoms with Gasteiger partial charge in [-0.2, -0.15) is 0 Å². The third kappa shape index (κ3) is 2.91. The number of ether oxygens (including phenoxy) is 1. The van der Waals surface area contributed by atoms with Crippen molar-refractivity contribution >= 4 is 0 Å². The van der Waals surface area contributed by atoms with E-state index in [1.807, 2.05) is 24.3 Å². The first-order valence-electron chi connectivity index (χ1n) is 6.46. The Morgan fingerprint density at radius 1 is 1.05 bits per heavy atom. The van der Waals surface area contributed by atoms with Crippen LogP contribution in [0.3, 0.4) is 0 Å². The van der Waals surface area contributed by atoms with Gasteiger partial charge in [-0.05, 0) is 29.8 Å². The fourth-order valence-electron chi connectivity index (χ4n) is 1.99. The lowest BCUT2D eigenvalue weighted by atomic mass is 10.1. The van der Waals surface area contributed by atoms with Crippen molar-refractivity contribution in [2.24, 2.45) is 0 Å². The summed E-state index contributed by atoms with van der Waals surface area (Å²) in [6.45, 7) is 0. The van der Waals surface area contributed by atoms with Gasteiger partial charge in [-0.15, -0.1) is 10.2 Å². The molecule has 0 bridgehead atoms. The topological polar surface area (TPSA) is 48.2 Å². The summed E-state index contributed by atoms with van der Waals surface area (Å²) in [5.41, 5.74) is 1.32. The minimum atomic E-state index is -0.378. The van der Waals surface area contributed by atoms with E-state index >= 15 is 0 Å². The van der Waals surface area contributed by atoms with Crippen molar-refractivity contribution in [1.82, 2.24) is 10.2 Å². The Balaban J connectivity index is 1.80. The lowest BCUT2D eigenvalue weighted by molar-refractivity contribution is 0.414. The molecular formula is C16H13FN2O2. The zero-order valence-electron chi connectivity index (χ0n) is 11.4. The van der Waals surface area contributed by atoms with Crippen molar-refractivity contribution in [2.75, 3.05) is 7.11 Å². The number of nitrogens with zero attached hydrogens (tertiary/aromatic N) is 2. The molecule has 0 atom stereocenters. The molecule has 0 saturated heterocycles. The second-order valence-corrected chi connectivity index (χ2v) is 4.51. The van der Waals surface area contributed by atoms with Gasteiger partial charge >= 0.3 is 0 Å². The van der Waals surface area contributed by atoms with E-state index in [1.165, 1.54) is 6.07 Å². The smallest absolute Gasteiger partial charge is 0.250 e. The molecule has 0 aliphatic heterocycles. The number of methoxy groups -OCH3 is 1. The predicted molar refractivity (Wildman–Crippen MR) is 75.5 cm³/mol. The summed E-state index contributed by atoms with van der Waals surface area (Å²) in [6.07, 6.45) is 0.492. The van der Waals surface area contributed by atoms with Crippen LogP contribution in [0.5, 0.6) is 5.75 Å². The van der Waals surface area contributed by atoms with Gasteiger partial charge in [-0.1, -0.05) is 24.3 Å². The van der Waals surface area contributed by atoms with Crippen LogP contribution < -0.4 is 4.74 Å². The normalized spacial score (nSPS) is 10.6. The van der Waals surface area contributed by atoms with E-state index < -0.39 is 0 Å². The van der Waals surface area contributed by atoms with Crippen LogP contribution in [0.4, 0.5) is 4.39 Å². The average Bonchev–Trinajstić information content (AvgIpc) is 2.97. The molecule has 0 spiro atoms. The SMILES string of the molecule is COc1ccc(Cc2nnc(-c3ccccc3F)o2)cc1. The van der Waals surface area contributed by atoms with E-state index in [9.17, 15) is 4.39 Å². The molecule has 0 N–H and O–H groups in total. The van der Waals surface area contributed by atoms with Crippen molar-refractivity contribution in [1.29, 1.82) is 0 Å². The third-order valence-corrected chi connectivity index (χ3v) is 3.09. The maximum atomic E-state index is 13.7. The Hall–Kier alpha value is -2.69. The lowest BCUT2D eigenvalue weighted by Gasteiger charge is -2.00. The number of rotatable bonds is 4. The standard InChI is InChI=1S/C16H13FN2O2/c1-20-12-8-6-11(7-9-12)10-15-18-19-16(21-15)13-4-2-3-5-14(13)17/h2-9H,10H2,1H3. The van der Waals surface area contributed by atoms with Gasteiger partial charge in [-0.25, -0.2) is 4.39 Å². The zero-order valence-corrected chi connectivity index (χ0v) is 11.4. The van der Waals surface area contributed by atoms with E-state index in [4.69, 9.17) is 9.15 Å². The summed E-state index contributed by atoms with van der Waals surface area (Å²) in [5.74, 6) is 1.04. The summed E-state index contributed by atoms with van der Waals surface area (Å²) in [7, 11) is 1.62. The summed E-state index contributed by atoms with van der Waals surface area (Å²) in [5, 5.41) is 7.85. The van der Waals surface area contributed by atoms with E-state index in [1.54, 1.807) is 25.3 Å². The second kappa shape index (κ2) is 5.75. The molecule has 1 aromatic heterocycles. The molecule has 5 heteroatoms. The fraction of sp³-hybridized carbons (Fsp3) is 0.125. The molecule has 106 valence electrons. The first-order valence-corrected chi connectivity index (χ1v) is 6.46. The Bertz CT molecular complexity index is 738. The Morgan fingerprint density at radius 2 is 1.81 bits per heavy atom. The Kier molecular flexibility index (Phi) is 3.64. The van der Waals surface area contributed by atoms with Gasteiger partial charge in [0.25, 0.3) is 5.89 Å². The lowest BCUT2D eigenvalue weighted by Crippen LogP contribution is -1.89. The molecule has 0 unspecified atom stereocenters. The molecule has 4 nitrogen and oxygen atoms in total. The monoisotopic (exact) mass is 284 g/mol. The fourth-order valence-corrected chi connectivity index (χ4v) is 1.99. The molecule has 0 saturated carbocycles. The highest BCUT2D eigenvalue weighted by molar-refractivity contribution is 5.53. The summed E-state index contributed by atoms with van der Waals surface area (Å²) < 4.78 is 24.3. The van der Waals surface area contributed by atoms with Crippen molar-refractivity contribution in [3.05, 3.63) is 65.8 Å². The first-order chi connectivity index (χ1) is 10.3. The summed E-state index contributed by atoms with van der Waals surface area (Å²) in [6, 6.07) is 13.9. The summed E-state index contributed by atoms with van der Waals surface area (Å²) in [4.78, 5) is 0. The molecule has 0 aliphatic carbocycles. The molecule has 0 radical (unpaired) electrons. The van der Waals surface area contributed by atoms with Crippen LogP contribution >= 0.6 is 0 Å². The molecule has 0 fully saturated rings. The van der Waals surface area contributed by atoms with Gasteiger partial charge in [0, 0.05) is 0 Å². The quantitative estimate of drug-likeness (QED) is 0.736. The van der Waals surface area contributed by atoms with E-state index in [0.717, 1.165) is 11.3 Å². The van der Waals surface area contributed by atoms with Crippen LogP contribution in [0, 0.1) is 5.82 Å². The van der Waals surface area contributed by atoms with Gasteiger partial charge in [0.1, 0.15) is 11.6 Å². The van der Waals surface area contributed by atoms with Crippen molar-refractivity contribution in [3.8, 4) is 17.2 Å². The molecule has 3 aromatic rings. The van der Waals surface area contributed by atoms with Gasteiger partial charge in [-0.3, -0.25) is 0 Å². The van der Waals surface area contributed by atoms with Crippen molar-refractivity contribution in [3.63, 3.8) is 0 Å². The van der Waals surface area contributed by atoms with Gasteiger partial charge in [0.15, 0.2) is 0 Å². The van der Waals surface area contributed by atoms with Crippen LogP contribution in [0.1, 0.15) is 11.5 Å². The maximum Gasteiger partial charge on any atom is 0.250 e. The van der Waals surface area contributed by atoms with Crippen LogP contribution in [-0.2, 0) is 6.42 Å². The van der Waals surface area contributed by atoms with Crippen LogP contribution in [0.15, 0.2) is 52.9 Å². The molecule has 1 heterocycles. The van der Waals surface area contributed by atoms with Crippen LogP contribution in [-0.4, -0.2) is 17.3 Å². The molecule has 21 heavy (non-hydrogen) atoms. The summed E-state index contributed by atoms with van der Waals surface area (Å²) >= 11 is 0. The van der Waals surface area contributed by atoms with Crippen molar-refractivity contribution < 1.29 is 13.5 Å². The Morgan fingerprint density at radius 3 is 2.52 bits per heavy atom. The molecule has 2 aromatic carbocycles. The van der Waals surface area contributed by atoms with Gasteiger partial charge in [0.05, 0.1) is 19.1 Å². The second-order valence-electron chi connectivity index (χ2n) is 4.51. The first kappa shape index (κ1) is 13.3. The highest BCUT2D eigenvalue weighted by Crippen LogP contribution is 2.22. The van der Waals surface area contributed by atoms with Gasteiger partial charge < -0.3 is 9.15 Å². The van der Waals surface area contributed by atoms with E-state index in [-0.39, 0.29) is 11.7 Å². The highest BCUT2D eigenvalue weighted by Gasteiger charge is 2.12. The third-order valence-electron chi connectivity index (χ3n) is 3.09. The predicted octanol–water partition coefficient (Wildman–Crippen LogP) is 3.48. The number of hydrogen-bond acceptors (Lipinski definition) is 4. The van der Waals surface area contributed by atoms with Crippen LogP contribution in [0.25, 0.3) is 11.5 Å². The zero-order chi connectivity index (χ0) is 14.7. The molecule has 0 aliphatic rings. The molecular weight excluding hydrogens is 271 g/mol. The van der Waals surface area contributed by atoms with E-state index in [2.05, 4.69) is 10.2 Å². The average molecular weight is 284 g/mol. The number of hydrogen-bond donors (Lipinski definition) is 0. The molecule has 3 rings (SSSR count). The van der Waals surface area contributed by atoms with Crippen LogP contribution in [0.2, 0.25) is 0 Å². The molecule has 0 amide bonds. The maximum absolute atomic E-state index is 13.7. The number of benzene rings is 2. The number of halogens is 1. The minimum absolute atomic E-state index is 0.191. The van der Waals surface area contributed by atoms with Crippen molar-refractivity contribution in [2.45, 2.75) is 6.42 Å². The minimum Gasteiger partial charge on any atom is -0.497 e. The van der Waals surface area contributed by atoms with E-state index in [0.29, 0.717) is 17.9 Å². The van der Waals surface area contributed by atoms with Gasteiger partial charge in [0.2, 0.25) is 5.89 Å².